The Kier molecular flexibility index (Phi) is 4.52. The van der Waals surface area contributed by atoms with Gasteiger partial charge in [0.1, 0.15) is 17.1 Å². The largest absolute Gasteiger partial charge is 0.494 e. The van der Waals surface area contributed by atoms with E-state index in [9.17, 15) is 9.18 Å². The Labute approximate surface area is 138 Å². The monoisotopic (exact) mass is 322 g/mol. The van der Waals surface area contributed by atoms with Crippen LogP contribution in [0.5, 0.6) is 5.75 Å². The van der Waals surface area contributed by atoms with Crippen LogP contribution in [0.1, 0.15) is 5.56 Å². The summed E-state index contributed by atoms with van der Waals surface area (Å²) in [7, 11) is 1.57. The van der Waals surface area contributed by atoms with E-state index in [1.807, 2.05) is 6.07 Å². The Balaban J connectivity index is 1.83. The number of pyridine rings is 1. The number of benzene rings is 2. The van der Waals surface area contributed by atoms with Crippen LogP contribution in [0.3, 0.4) is 0 Å². The number of aromatic nitrogens is 1. The maximum atomic E-state index is 13.1. The van der Waals surface area contributed by atoms with E-state index in [0.717, 1.165) is 5.39 Å². The zero-order valence-electron chi connectivity index (χ0n) is 13.0. The molecule has 0 aliphatic carbocycles. The van der Waals surface area contributed by atoms with E-state index in [4.69, 9.17) is 4.74 Å². The highest BCUT2D eigenvalue weighted by Crippen LogP contribution is 2.29. The maximum Gasteiger partial charge on any atom is 0.248 e. The molecule has 0 spiro atoms. The predicted octanol–water partition coefficient (Wildman–Crippen LogP) is 4.03. The number of halogens is 1. The second kappa shape index (κ2) is 6.91. The first kappa shape index (κ1) is 15.7. The van der Waals surface area contributed by atoms with Crippen molar-refractivity contribution in [1.82, 2.24) is 4.98 Å². The molecule has 0 bridgehead atoms. The molecule has 1 amide bonds. The fraction of sp³-hybridized carbons (Fsp3) is 0.0526. The minimum absolute atomic E-state index is 0.311. The maximum absolute atomic E-state index is 13.1. The van der Waals surface area contributed by atoms with Crippen molar-refractivity contribution < 1.29 is 13.9 Å². The van der Waals surface area contributed by atoms with Gasteiger partial charge in [-0.3, -0.25) is 9.78 Å². The van der Waals surface area contributed by atoms with E-state index in [0.29, 0.717) is 22.5 Å². The van der Waals surface area contributed by atoms with E-state index in [-0.39, 0.29) is 11.7 Å². The Hall–Kier alpha value is -3.21. The molecule has 0 fully saturated rings. The molecule has 4 nitrogen and oxygen atoms in total. The van der Waals surface area contributed by atoms with Crippen molar-refractivity contribution in [2.24, 2.45) is 0 Å². The molecular formula is C19H15FN2O2. The van der Waals surface area contributed by atoms with Crippen molar-refractivity contribution in [3.63, 3.8) is 0 Å². The van der Waals surface area contributed by atoms with Crippen molar-refractivity contribution in [2.75, 3.05) is 12.4 Å². The molecule has 0 saturated heterocycles. The molecule has 0 radical (unpaired) electrons. The molecule has 0 aliphatic rings. The normalized spacial score (nSPS) is 10.9. The van der Waals surface area contributed by atoms with Crippen LogP contribution in [0.4, 0.5) is 10.1 Å². The van der Waals surface area contributed by atoms with Crippen LogP contribution >= 0.6 is 0 Å². The number of carbonyl (C=O) groups is 1. The summed E-state index contributed by atoms with van der Waals surface area (Å²) in [5.74, 6) is -0.0155. The number of hydrogen-bond donors (Lipinski definition) is 1. The number of amides is 1. The topological polar surface area (TPSA) is 51.2 Å². The molecule has 1 aromatic heterocycles. The van der Waals surface area contributed by atoms with Gasteiger partial charge < -0.3 is 10.1 Å². The van der Waals surface area contributed by atoms with Gasteiger partial charge in [-0.2, -0.15) is 0 Å². The predicted molar refractivity (Wildman–Crippen MR) is 92.4 cm³/mol. The standard InChI is InChI=1S/C19H15FN2O2/c1-24-17-9-8-16(15-6-3-11-21-19(15)17)22-18(23)10-7-13-4-2-5-14(20)12-13/h2-12H,1H3,(H,22,23)/b10-7+. The minimum Gasteiger partial charge on any atom is -0.494 e. The van der Waals surface area contributed by atoms with Gasteiger partial charge in [-0.05, 0) is 48.0 Å². The van der Waals surface area contributed by atoms with Gasteiger partial charge in [0.05, 0.1) is 12.8 Å². The SMILES string of the molecule is COc1ccc(NC(=O)/C=C/c2cccc(F)c2)c2cccnc12. The number of rotatable bonds is 4. The van der Waals surface area contributed by atoms with E-state index in [1.54, 1.807) is 49.7 Å². The van der Waals surface area contributed by atoms with E-state index < -0.39 is 0 Å². The number of carbonyl (C=O) groups excluding carboxylic acids is 1. The molecule has 0 aliphatic heterocycles. The molecule has 1 heterocycles. The Morgan fingerprint density at radius 1 is 1.21 bits per heavy atom. The first-order chi connectivity index (χ1) is 11.7. The number of fused-ring (bicyclic) bond motifs is 1. The van der Waals surface area contributed by atoms with Crippen LogP contribution in [0.2, 0.25) is 0 Å². The number of ether oxygens (including phenoxy) is 1. The summed E-state index contributed by atoms with van der Waals surface area (Å²) in [5, 5.41) is 3.59. The molecule has 3 aromatic rings. The summed E-state index contributed by atoms with van der Waals surface area (Å²) < 4.78 is 18.4. The quantitative estimate of drug-likeness (QED) is 0.738. The van der Waals surface area contributed by atoms with Crippen LogP contribution in [0.25, 0.3) is 17.0 Å². The summed E-state index contributed by atoms with van der Waals surface area (Å²) in [4.78, 5) is 16.4. The van der Waals surface area contributed by atoms with Gasteiger partial charge in [-0.25, -0.2) is 4.39 Å². The fourth-order valence-electron chi connectivity index (χ4n) is 2.38. The molecule has 0 unspecified atom stereocenters. The van der Waals surface area contributed by atoms with Crippen LogP contribution in [-0.4, -0.2) is 18.0 Å². The summed E-state index contributed by atoms with van der Waals surface area (Å²) in [6.45, 7) is 0. The van der Waals surface area contributed by atoms with Crippen molar-refractivity contribution in [3.05, 3.63) is 72.2 Å². The zero-order valence-corrected chi connectivity index (χ0v) is 13.0. The third-order valence-corrected chi connectivity index (χ3v) is 3.49. The second-order valence-electron chi connectivity index (χ2n) is 5.09. The molecule has 2 aromatic carbocycles. The Morgan fingerprint density at radius 2 is 2.08 bits per heavy atom. The minimum atomic E-state index is -0.343. The third kappa shape index (κ3) is 3.41. The molecule has 5 heteroatoms. The highest BCUT2D eigenvalue weighted by atomic mass is 19.1. The average Bonchev–Trinajstić information content (AvgIpc) is 2.60. The van der Waals surface area contributed by atoms with Gasteiger partial charge in [0.15, 0.2) is 0 Å². The average molecular weight is 322 g/mol. The van der Waals surface area contributed by atoms with Crippen LogP contribution in [-0.2, 0) is 4.79 Å². The number of hydrogen-bond acceptors (Lipinski definition) is 3. The van der Waals surface area contributed by atoms with Gasteiger partial charge in [-0.1, -0.05) is 12.1 Å². The van der Waals surface area contributed by atoms with E-state index in [1.165, 1.54) is 18.2 Å². The number of nitrogens with one attached hydrogen (secondary N) is 1. The Morgan fingerprint density at radius 3 is 2.88 bits per heavy atom. The summed E-state index contributed by atoms with van der Waals surface area (Å²) in [5.41, 5.74) is 1.92. The molecule has 3 rings (SSSR count). The molecule has 0 atom stereocenters. The van der Waals surface area contributed by atoms with Crippen LogP contribution in [0.15, 0.2) is 60.8 Å². The molecule has 120 valence electrons. The molecule has 0 saturated carbocycles. The smallest absolute Gasteiger partial charge is 0.248 e. The van der Waals surface area contributed by atoms with Crippen molar-refractivity contribution >= 4 is 28.6 Å². The number of methoxy groups -OCH3 is 1. The number of anilines is 1. The zero-order chi connectivity index (χ0) is 16.9. The van der Waals surface area contributed by atoms with Gasteiger partial charge in [0.25, 0.3) is 0 Å². The van der Waals surface area contributed by atoms with Crippen molar-refractivity contribution in [2.45, 2.75) is 0 Å². The van der Waals surface area contributed by atoms with Crippen LogP contribution < -0.4 is 10.1 Å². The number of nitrogens with zero attached hydrogens (tertiary/aromatic N) is 1. The first-order valence-electron chi connectivity index (χ1n) is 7.34. The molecule has 1 N–H and O–H groups in total. The fourth-order valence-corrected chi connectivity index (χ4v) is 2.38. The van der Waals surface area contributed by atoms with Gasteiger partial charge in [-0.15, -0.1) is 0 Å². The first-order valence-corrected chi connectivity index (χ1v) is 7.34. The lowest BCUT2D eigenvalue weighted by molar-refractivity contribution is -0.111. The van der Waals surface area contributed by atoms with Gasteiger partial charge >= 0.3 is 0 Å². The summed E-state index contributed by atoms with van der Waals surface area (Å²) in [6.07, 6.45) is 4.59. The van der Waals surface area contributed by atoms with Gasteiger partial charge in [0, 0.05) is 17.7 Å². The molecule has 24 heavy (non-hydrogen) atoms. The van der Waals surface area contributed by atoms with Gasteiger partial charge in [0.2, 0.25) is 5.91 Å². The van der Waals surface area contributed by atoms with Crippen molar-refractivity contribution in [1.29, 1.82) is 0 Å². The highest BCUT2D eigenvalue weighted by molar-refractivity contribution is 6.07. The third-order valence-electron chi connectivity index (χ3n) is 3.49. The lowest BCUT2D eigenvalue weighted by Crippen LogP contribution is -2.08. The lowest BCUT2D eigenvalue weighted by Gasteiger charge is -2.09. The second-order valence-corrected chi connectivity index (χ2v) is 5.09. The lowest BCUT2D eigenvalue weighted by atomic mass is 10.1. The van der Waals surface area contributed by atoms with E-state index >= 15 is 0 Å². The molecular weight excluding hydrogens is 307 g/mol. The summed E-state index contributed by atoms with van der Waals surface area (Å²) >= 11 is 0. The van der Waals surface area contributed by atoms with Crippen LogP contribution in [0, 0.1) is 5.82 Å². The Bertz CT molecular complexity index is 922. The van der Waals surface area contributed by atoms with Crippen molar-refractivity contribution in [3.8, 4) is 5.75 Å². The highest BCUT2D eigenvalue weighted by Gasteiger charge is 2.08. The summed E-state index contributed by atoms with van der Waals surface area (Å²) in [6, 6.07) is 13.2. The van der Waals surface area contributed by atoms with E-state index in [2.05, 4.69) is 10.3 Å².